The Bertz CT molecular complexity index is 934. The lowest BCUT2D eigenvalue weighted by atomic mass is 10.0. The fraction of sp³-hybridized carbons (Fsp3) is 0.478. The van der Waals surface area contributed by atoms with Crippen molar-refractivity contribution in [1.29, 1.82) is 0 Å². The molecular weight excluding hydrogens is 432 g/mol. The van der Waals surface area contributed by atoms with E-state index in [1.54, 1.807) is 46.8 Å². The van der Waals surface area contributed by atoms with E-state index >= 15 is 0 Å². The van der Waals surface area contributed by atoms with E-state index < -0.39 is 36.3 Å². The van der Waals surface area contributed by atoms with Crippen molar-refractivity contribution in [2.24, 2.45) is 0 Å². The zero-order valence-corrected chi connectivity index (χ0v) is 19.5. The molecule has 10 nitrogen and oxygen atoms in total. The third kappa shape index (κ3) is 8.13. The van der Waals surface area contributed by atoms with E-state index in [1.165, 1.54) is 0 Å². The molecule has 0 bridgehead atoms. The number of hydrogen-bond acceptors (Lipinski definition) is 9. The maximum Gasteiger partial charge on any atom is 0.408 e. The quantitative estimate of drug-likeness (QED) is 0.418. The van der Waals surface area contributed by atoms with Gasteiger partial charge in [0.15, 0.2) is 12.4 Å². The maximum atomic E-state index is 12.6. The van der Waals surface area contributed by atoms with E-state index in [0.717, 1.165) is 0 Å². The predicted molar refractivity (Wildman–Crippen MR) is 118 cm³/mol. The molecule has 2 aromatic rings. The van der Waals surface area contributed by atoms with Gasteiger partial charge in [-0.2, -0.15) is 0 Å². The Labute approximate surface area is 192 Å². The molecule has 10 heteroatoms. The number of carbonyl (C=O) groups excluding carboxylic acids is 3. The molecule has 1 aromatic heterocycles. The molecule has 1 unspecified atom stereocenters. The molecule has 1 heterocycles. The van der Waals surface area contributed by atoms with E-state index in [2.05, 4.69) is 10.5 Å². The van der Waals surface area contributed by atoms with Crippen molar-refractivity contribution < 1.29 is 37.9 Å². The van der Waals surface area contributed by atoms with Gasteiger partial charge in [-0.15, -0.1) is 0 Å². The summed E-state index contributed by atoms with van der Waals surface area (Å²) in [5, 5.41) is 6.46. The summed E-state index contributed by atoms with van der Waals surface area (Å²) in [5.41, 5.74) is 0.286. The first-order valence-electron chi connectivity index (χ1n) is 10.6. The van der Waals surface area contributed by atoms with E-state index in [1.807, 2.05) is 18.2 Å². The number of carbonyl (C=O) groups is 3. The molecule has 1 atom stereocenters. The molecule has 0 saturated carbocycles. The molecule has 33 heavy (non-hydrogen) atoms. The van der Waals surface area contributed by atoms with E-state index in [-0.39, 0.29) is 25.5 Å². The summed E-state index contributed by atoms with van der Waals surface area (Å²) in [7, 11) is 0. The molecular formula is C23H30N2O8. The molecule has 0 aliphatic heterocycles. The molecule has 180 valence electrons. The number of esters is 2. The Balaban J connectivity index is 2.36. The van der Waals surface area contributed by atoms with Crippen LogP contribution in [0.3, 0.4) is 0 Å². The Kier molecular flexibility index (Phi) is 9.26. The van der Waals surface area contributed by atoms with Crippen LogP contribution >= 0.6 is 0 Å². The molecule has 0 fully saturated rings. The molecule has 0 radical (unpaired) electrons. The van der Waals surface area contributed by atoms with Crippen LogP contribution in [0.25, 0.3) is 11.3 Å². The Hall–Kier alpha value is -3.56. The second kappa shape index (κ2) is 11.9. The van der Waals surface area contributed by atoms with Crippen LogP contribution in [-0.2, 0) is 30.2 Å². The average Bonchev–Trinajstić information content (AvgIpc) is 3.14. The van der Waals surface area contributed by atoms with Crippen LogP contribution in [0, 0.1) is 0 Å². The molecule has 0 aliphatic rings. The van der Waals surface area contributed by atoms with Gasteiger partial charge in [0.1, 0.15) is 11.6 Å². The highest BCUT2D eigenvalue weighted by Gasteiger charge is 2.30. The number of hydrogen-bond donors (Lipinski definition) is 1. The minimum atomic E-state index is -1.12. The Morgan fingerprint density at radius 3 is 2.33 bits per heavy atom. The van der Waals surface area contributed by atoms with E-state index in [4.69, 9.17) is 23.5 Å². The minimum Gasteiger partial charge on any atom is -0.464 e. The molecule has 1 aromatic carbocycles. The van der Waals surface area contributed by atoms with Gasteiger partial charge in [-0.25, -0.2) is 14.4 Å². The first-order valence-corrected chi connectivity index (χ1v) is 10.6. The van der Waals surface area contributed by atoms with Crippen LogP contribution in [0.4, 0.5) is 4.79 Å². The summed E-state index contributed by atoms with van der Waals surface area (Å²) in [4.78, 5) is 36.7. The van der Waals surface area contributed by atoms with Gasteiger partial charge in [0, 0.05) is 12.0 Å². The molecule has 2 rings (SSSR count). The minimum absolute atomic E-state index is 0.00203. The third-order valence-corrected chi connectivity index (χ3v) is 4.09. The first kappa shape index (κ1) is 25.7. The van der Waals surface area contributed by atoms with Crippen LogP contribution < -0.4 is 10.1 Å². The van der Waals surface area contributed by atoms with Gasteiger partial charge in [-0.1, -0.05) is 30.3 Å². The normalized spacial score (nSPS) is 11.9. The fourth-order valence-electron chi connectivity index (χ4n) is 2.82. The van der Waals surface area contributed by atoms with Crippen molar-refractivity contribution in [2.75, 3.05) is 19.8 Å². The lowest BCUT2D eigenvalue weighted by Crippen LogP contribution is -2.45. The van der Waals surface area contributed by atoms with Crippen molar-refractivity contribution >= 4 is 18.0 Å². The summed E-state index contributed by atoms with van der Waals surface area (Å²) >= 11 is 0. The van der Waals surface area contributed by atoms with Gasteiger partial charge in [-0.05, 0) is 39.8 Å². The zero-order valence-electron chi connectivity index (χ0n) is 19.5. The predicted octanol–water partition coefficient (Wildman–Crippen LogP) is 3.28. The Morgan fingerprint density at radius 2 is 1.73 bits per heavy atom. The van der Waals surface area contributed by atoms with Gasteiger partial charge in [-0.3, -0.25) is 0 Å². The van der Waals surface area contributed by atoms with Gasteiger partial charge in [0.2, 0.25) is 0 Å². The zero-order chi connectivity index (χ0) is 24.4. The second-order valence-corrected chi connectivity index (χ2v) is 7.91. The van der Waals surface area contributed by atoms with Crippen molar-refractivity contribution in [3.05, 3.63) is 35.9 Å². The SMILES string of the molecule is CCOC(=O)COc1noc(-c2ccccc2)c1CC(NC(=O)OC(C)(C)C)C(=O)OCC. The number of benzene rings is 1. The highest BCUT2D eigenvalue weighted by Crippen LogP contribution is 2.32. The van der Waals surface area contributed by atoms with Crippen LogP contribution in [0.1, 0.15) is 40.2 Å². The van der Waals surface area contributed by atoms with Crippen LogP contribution in [0.5, 0.6) is 5.88 Å². The number of rotatable bonds is 10. The van der Waals surface area contributed by atoms with Gasteiger partial charge in [0.05, 0.1) is 18.8 Å². The lowest BCUT2D eigenvalue weighted by Gasteiger charge is -2.23. The van der Waals surface area contributed by atoms with E-state index in [0.29, 0.717) is 16.9 Å². The summed E-state index contributed by atoms with van der Waals surface area (Å²) in [6.07, 6.45) is -0.864. The third-order valence-electron chi connectivity index (χ3n) is 4.09. The van der Waals surface area contributed by atoms with Crippen molar-refractivity contribution in [3.63, 3.8) is 0 Å². The van der Waals surface area contributed by atoms with Crippen molar-refractivity contribution in [3.8, 4) is 17.2 Å². The van der Waals surface area contributed by atoms with Crippen LogP contribution in [-0.4, -0.2) is 54.7 Å². The number of nitrogens with zero attached hydrogens (tertiary/aromatic N) is 1. The molecule has 1 amide bonds. The molecule has 0 aliphatic carbocycles. The van der Waals surface area contributed by atoms with E-state index in [9.17, 15) is 14.4 Å². The molecule has 0 spiro atoms. The van der Waals surface area contributed by atoms with Crippen molar-refractivity contribution in [1.82, 2.24) is 10.5 Å². The number of ether oxygens (including phenoxy) is 4. The average molecular weight is 462 g/mol. The highest BCUT2D eigenvalue weighted by molar-refractivity contribution is 5.82. The lowest BCUT2D eigenvalue weighted by molar-refractivity contribution is -0.146. The molecule has 1 N–H and O–H groups in total. The molecule has 0 saturated heterocycles. The summed E-state index contributed by atoms with van der Waals surface area (Å²) in [6, 6.07) is 7.92. The fourth-order valence-corrected chi connectivity index (χ4v) is 2.82. The van der Waals surface area contributed by atoms with Gasteiger partial charge < -0.3 is 28.8 Å². The maximum absolute atomic E-state index is 12.6. The number of alkyl carbamates (subject to hydrolysis) is 1. The topological polar surface area (TPSA) is 126 Å². The summed E-state index contributed by atoms with van der Waals surface area (Å²) in [6.45, 7) is 8.39. The highest BCUT2D eigenvalue weighted by atomic mass is 16.6. The van der Waals surface area contributed by atoms with Crippen LogP contribution in [0.2, 0.25) is 0 Å². The first-order chi connectivity index (χ1) is 15.6. The summed E-state index contributed by atoms with van der Waals surface area (Å²) in [5.74, 6) is -0.918. The second-order valence-electron chi connectivity index (χ2n) is 7.91. The van der Waals surface area contributed by atoms with Crippen molar-refractivity contribution in [2.45, 2.75) is 52.7 Å². The number of amides is 1. The Morgan fingerprint density at radius 1 is 1.06 bits per heavy atom. The monoisotopic (exact) mass is 462 g/mol. The van der Waals surface area contributed by atoms with Gasteiger partial charge in [0.25, 0.3) is 5.88 Å². The van der Waals surface area contributed by atoms with Gasteiger partial charge >= 0.3 is 18.0 Å². The standard InChI is InChI=1S/C23H30N2O8/c1-6-29-18(26)14-31-20-16(19(33-25-20)15-11-9-8-10-12-15)13-17(21(27)30-7-2)24-22(28)32-23(3,4)5/h8-12,17H,6-7,13-14H2,1-5H3,(H,24,28). The van der Waals surface area contributed by atoms with Crippen LogP contribution in [0.15, 0.2) is 34.9 Å². The number of nitrogens with one attached hydrogen (secondary N) is 1. The smallest absolute Gasteiger partial charge is 0.408 e. The summed E-state index contributed by atoms with van der Waals surface area (Å²) < 4.78 is 26.3. The largest absolute Gasteiger partial charge is 0.464 e. The number of aromatic nitrogens is 1.